The molecular formula is C13H19NO3. The van der Waals surface area contributed by atoms with Crippen molar-refractivity contribution in [2.45, 2.75) is 33.3 Å². The van der Waals surface area contributed by atoms with Crippen molar-refractivity contribution in [2.24, 2.45) is 0 Å². The van der Waals surface area contributed by atoms with Gasteiger partial charge >= 0.3 is 5.97 Å². The Morgan fingerprint density at radius 3 is 2.53 bits per heavy atom. The average Bonchev–Trinajstić information content (AvgIpc) is 2.15. The number of hydrogen-bond acceptors (Lipinski definition) is 4. The molecule has 0 spiro atoms. The lowest BCUT2D eigenvalue weighted by Gasteiger charge is -2.20. The van der Waals surface area contributed by atoms with Gasteiger partial charge in [0.1, 0.15) is 16.9 Å². The molecule has 0 saturated carbocycles. The zero-order valence-corrected chi connectivity index (χ0v) is 10.7. The van der Waals surface area contributed by atoms with E-state index in [1.165, 1.54) is 0 Å². The molecular weight excluding hydrogens is 218 g/mol. The Morgan fingerprint density at radius 2 is 2.00 bits per heavy atom. The standard InChI is InChI=1S/C13H19NO3/c1-5-16-11-8-9(14)6-7-10(11)12(15)17-13(2,3)4/h6-8H,5,14H2,1-4H3. The maximum atomic E-state index is 11.9. The van der Waals surface area contributed by atoms with E-state index in [-0.39, 0.29) is 0 Å². The van der Waals surface area contributed by atoms with Crippen molar-refractivity contribution in [3.05, 3.63) is 23.8 Å². The number of nitrogen functional groups attached to an aromatic ring is 1. The minimum Gasteiger partial charge on any atom is -0.493 e. The van der Waals surface area contributed by atoms with Crippen LogP contribution in [0, 0.1) is 0 Å². The number of hydrogen-bond donors (Lipinski definition) is 1. The molecule has 0 bridgehead atoms. The predicted molar refractivity (Wildman–Crippen MR) is 67.2 cm³/mol. The zero-order chi connectivity index (χ0) is 13.1. The lowest BCUT2D eigenvalue weighted by molar-refractivity contribution is 0.00661. The lowest BCUT2D eigenvalue weighted by Crippen LogP contribution is -2.24. The molecule has 1 aromatic carbocycles. The molecule has 4 heteroatoms. The second-order valence-corrected chi connectivity index (χ2v) is 4.69. The molecule has 0 aliphatic carbocycles. The van der Waals surface area contributed by atoms with E-state index in [4.69, 9.17) is 15.2 Å². The highest BCUT2D eigenvalue weighted by Crippen LogP contribution is 2.24. The summed E-state index contributed by atoms with van der Waals surface area (Å²) in [6, 6.07) is 4.90. The summed E-state index contributed by atoms with van der Waals surface area (Å²) in [7, 11) is 0. The van der Waals surface area contributed by atoms with Crippen LogP contribution >= 0.6 is 0 Å². The Labute approximate surface area is 102 Å². The summed E-state index contributed by atoms with van der Waals surface area (Å²) in [5.74, 6) is 0.0581. The number of esters is 1. The zero-order valence-electron chi connectivity index (χ0n) is 10.7. The molecule has 4 nitrogen and oxygen atoms in total. The second kappa shape index (κ2) is 5.08. The van der Waals surface area contributed by atoms with Crippen molar-refractivity contribution >= 4 is 11.7 Å². The molecule has 0 aliphatic heterocycles. The first kappa shape index (κ1) is 13.4. The van der Waals surface area contributed by atoms with E-state index in [9.17, 15) is 4.79 Å². The van der Waals surface area contributed by atoms with Crippen molar-refractivity contribution in [3.63, 3.8) is 0 Å². The fraction of sp³-hybridized carbons (Fsp3) is 0.462. The Kier molecular flexibility index (Phi) is 3.99. The fourth-order valence-electron chi connectivity index (χ4n) is 1.32. The Hall–Kier alpha value is -1.71. The van der Waals surface area contributed by atoms with Crippen LogP contribution in [-0.2, 0) is 4.74 Å². The smallest absolute Gasteiger partial charge is 0.342 e. The van der Waals surface area contributed by atoms with Crippen LogP contribution in [0.3, 0.4) is 0 Å². The van der Waals surface area contributed by atoms with Gasteiger partial charge in [-0.05, 0) is 39.8 Å². The first-order chi connectivity index (χ1) is 7.83. The second-order valence-electron chi connectivity index (χ2n) is 4.69. The van der Waals surface area contributed by atoms with E-state index in [1.807, 2.05) is 27.7 Å². The Bertz CT molecular complexity index is 408. The van der Waals surface area contributed by atoms with Crippen molar-refractivity contribution in [2.75, 3.05) is 12.3 Å². The van der Waals surface area contributed by atoms with Crippen molar-refractivity contribution < 1.29 is 14.3 Å². The van der Waals surface area contributed by atoms with Crippen LogP contribution in [0.4, 0.5) is 5.69 Å². The van der Waals surface area contributed by atoms with Gasteiger partial charge in [0.2, 0.25) is 0 Å². The minimum atomic E-state index is -0.526. The number of anilines is 1. The molecule has 0 aromatic heterocycles. The highest BCUT2D eigenvalue weighted by atomic mass is 16.6. The molecule has 0 saturated heterocycles. The summed E-state index contributed by atoms with van der Waals surface area (Å²) in [5.41, 5.74) is 6.08. The maximum Gasteiger partial charge on any atom is 0.342 e. The van der Waals surface area contributed by atoms with Gasteiger partial charge in [-0.1, -0.05) is 0 Å². The van der Waals surface area contributed by atoms with Gasteiger partial charge in [-0.3, -0.25) is 0 Å². The molecule has 0 fully saturated rings. The van der Waals surface area contributed by atoms with Gasteiger partial charge in [0.05, 0.1) is 6.61 Å². The third-order valence-electron chi connectivity index (χ3n) is 1.92. The molecule has 0 amide bonds. The molecule has 0 aliphatic rings. The number of carbonyl (C=O) groups excluding carboxylic acids is 1. The molecule has 0 heterocycles. The highest BCUT2D eigenvalue weighted by molar-refractivity contribution is 5.93. The number of rotatable bonds is 3. The van der Waals surface area contributed by atoms with Crippen LogP contribution in [0.2, 0.25) is 0 Å². The first-order valence-corrected chi connectivity index (χ1v) is 5.59. The summed E-state index contributed by atoms with van der Waals surface area (Å²) in [6.07, 6.45) is 0. The summed E-state index contributed by atoms with van der Waals surface area (Å²) in [5, 5.41) is 0. The molecule has 0 radical (unpaired) electrons. The topological polar surface area (TPSA) is 61.5 Å². The normalized spacial score (nSPS) is 11.1. The van der Waals surface area contributed by atoms with E-state index in [0.29, 0.717) is 23.6 Å². The van der Waals surface area contributed by atoms with Crippen LogP contribution in [0.15, 0.2) is 18.2 Å². The molecule has 2 N–H and O–H groups in total. The van der Waals surface area contributed by atoms with Crippen LogP contribution in [0.25, 0.3) is 0 Å². The largest absolute Gasteiger partial charge is 0.493 e. The quantitative estimate of drug-likeness (QED) is 0.648. The van der Waals surface area contributed by atoms with E-state index in [0.717, 1.165) is 0 Å². The summed E-state index contributed by atoms with van der Waals surface area (Å²) >= 11 is 0. The number of nitrogens with two attached hydrogens (primary N) is 1. The first-order valence-electron chi connectivity index (χ1n) is 5.59. The Balaban J connectivity index is 3.00. The van der Waals surface area contributed by atoms with Gasteiger partial charge in [-0.2, -0.15) is 0 Å². The number of ether oxygens (including phenoxy) is 2. The number of benzene rings is 1. The number of carbonyl (C=O) groups is 1. The SMILES string of the molecule is CCOc1cc(N)ccc1C(=O)OC(C)(C)C. The molecule has 94 valence electrons. The molecule has 1 aromatic rings. The van der Waals surface area contributed by atoms with Crippen LogP contribution < -0.4 is 10.5 Å². The molecule has 17 heavy (non-hydrogen) atoms. The summed E-state index contributed by atoms with van der Waals surface area (Å²) < 4.78 is 10.7. The Morgan fingerprint density at radius 1 is 1.35 bits per heavy atom. The third-order valence-corrected chi connectivity index (χ3v) is 1.92. The maximum absolute atomic E-state index is 11.9. The monoisotopic (exact) mass is 237 g/mol. The fourth-order valence-corrected chi connectivity index (χ4v) is 1.32. The lowest BCUT2D eigenvalue weighted by atomic mass is 10.1. The molecule has 1 rings (SSSR count). The van der Waals surface area contributed by atoms with Gasteiger partial charge in [-0.25, -0.2) is 4.79 Å². The highest BCUT2D eigenvalue weighted by Gasteiger charge is 2.21. The van der Waals surface area contributed by atoms with Crippen molar-refractivity contribution in [1.82, 2.24) is 0 Å². The van der Waals surface area contributed by atoms with Gasteiger partial charge < -0.3 is 15.2 Å². The van der Waals surface area contributed by atoms with Gasteiger partial charge in [0, 0.05) is 11.8 Å². The van der Waals surface area contributed by atoms with E-state index in [1.54, 1.807) is 18.2 Å². The van der Waals surface area contributed by atoms with E-state index in [2.05, 4.69) is 0 Å². The van der Waals surface area contributed by atoms with Crippen LogP contribution in [0.5, 0.6) is 5.75 Å². The molecule has 0 unspecified atom stereocenters. The third kappa shape index (κ3) is 3.98. The van der Waals surface area contributed by atoms with E-state index >= 15 is 0 Å². The van der Waals surface area contributed by atoms with Crippen LogP contribution in [-0.4, -0.2) is 18.2 Å². The average molecular weight is 237 g/mol. The van der Waals surface area contributed by atoms with Crippen molar-refractivity contribution in [1.29, 1.82) is 0 Å². The van der Waals surface area contributed by atoms with E-state index < -0.39 is 11.6 Å². The van der Waals surface area contributed by atoms with Crippen LogP contribution in [0.1, 0.15) is 38.1 Å². The summed E-state index contributed by atoms with van der Waals surface area (Å²) in [6.45, 7) is 7.79. The van der Waals surface area contributed by atoms with Crippen molar-refractivity contribution in [3.8, 4) is 5.75 Å². The summed E-state index contributed by atoms with van der Waals surface area (Å²) in [4.78, 5) is 11.9. The van der Waals surface area contributed by atoms with Gasteiger partial charge in [-0.15, -0.1) is 0 Å². The predicted octanol–water partition coefficient (Wildman–Crippen LogP) is 2.62. The van der Waals surface area contributed by atoms with Gasteiger partial charge in [0.15, 0.2) is 0 Å². The minimum absolute atomic E-state index is 0.399. The molecule has 0 atom stereocenters. The van der Waals surface area contributed by atoms with Gasteiger partial charge in [0.25, 0.3) is 0 Å².